The first-order chi connectivity index (χ1) is 15.9. The number of halogens is 6. The minimum Gasteiger partial charge on any atom is -0.491 e. The highest BCUT2D eigenvalue weighted by Crippen LogP contribution is 2.39. The summed E-state index contributed by atoms with van der Waals surface area (Å²) in [5.41, 5.74) is -1.61. The molecule has 3 rings (SSSR count). The minimum absolute atomic E-state index is 0.202. The SMILES string of the molecule is CC(=O)NCc1ccc(OC[C@@H]2CN(c3ccc(C#N)c(C(F)(F)F)c3)[C@@H](C(F)(F)F)O2)cc1. The molecular formula is C22H19F6N3O3. The van der Waals surface area contributed by atoms with Gasteiger partial charge in [-0.15, -0.1) is 0 Å². The van der Waals surface area contributed by atoms with Crippen LogP contribution in [0, 0.1) is 11.3 Å². The van der Waals surface area contributed by atoms with Crippen LogP contribution in [0.15, 0.2) is 42.5 Å². The van der Waals surface area contributed by atoms with Gasteiger partial charge in [0.05, 0.1) is 23.7 Å². The summed E-state index contributed by atoms with van der Waals surface area (Å²) >= 11 is 0. The van der Waals surface area contributed by atoms with E-state index in [-0.39, 0.29) is 24.7 Å². The van der Waals surface area contributed by atoms with E-state index in [9.17, 15) is 31.1 Å². The molecule has 34 heavy (non-hydrogen) atoms. The summed E-state index contributed by atoms with van der Waals surface area (Å²) in [4.78, 5) is 11.6. The van der Waals surface area contributed by atoms with Gasteiger partial charge < -0.3 is 19.7 Å². The lowest BCUT2D eigenvalue weighted by atomic mass is 10.1. The van der Waals surface area contributed by atoms with Crippen LogP contribution in [-0.2, 0) is 22.3 Å². The molecule has 1 heterocycles. The van der Waals surface area contributed by atoms with Crippen molar-refractivity contribution in [3.8, 4) is 11.8 Å². The van der Waals surface area contributed by atoms with Crippen molar-refractivity contribution in [1.82, 2.24) is 5.32 Å². The molecule has 1 saturated heterocycles. The zero-order chi connectivity index (χ0) is 25.1. The second kappa shape index (κ2) is 9.80. The Bertz CT molecular complexity index is 1060. The first kappa shape index (κ1) is 25.2. The van der Waals surface area contributed by atoms with Crippen molar-refractivity contribution in [1.29, 1.82) is 5.26 Å². The van der Waals surface area contributed by atoms with Gasteiger partial charge in [-0.25, -0.2) is 0 Å². The van der Waals surface area contributed by atoms with Gasteiger partial charge in [0.15, 0.2) is 0 Å². The highest BCUT2D eigenvalue weighted by atomic mass is 19.4. The molecule has 2 atom stereocenters. The Kier molecular flexibility index (Phi) is 7.26. The number of nitrogens with zero attached hydrogens (tertiary/aromatic N) is 2. The van der Waals surface area contributed by atoms with E-state index in [1.54, 1.807) is 24.3 Å². The Balaban J connectivity index is 1.73. The van der Waals surface area contributed by atoms with Crippen molar-refractivity contribution in [2.75, 3.05) is 18.1 Å². The molecule has 12 heteroatoms. The summed E-state index contributed by atoms with van der Waals surface area (Å²) in [6.07, 6.45) is -13.4. The average molecular weight is 487 g/mol. The number of amides is 1. The second-order valence-electron chi connectivity index (χ2n) is 7.51. The second-order valence-corrected chi connectivity index (χ2v) is 7.51. The monoisotopic (exact) mass is 487 g/mol. The molecular weight excluding hydrogens is 468 g/mol. The van der Waals surface area contributed by atoms with Crippen molar-refractivity contribution in [3.05, 3.63) is 59.2 Å². The predicted octanol–water partition coefficient (Wildman–Crippen LogP) is 4.39. The number of ether oxygens (including phenoxy) is 2. The van der Waals surface area contributed by atoms with Gasteiger partial charge in [-0.1, -0.05) is 12.1 Å². The summed E-state index contributed by atoms with van der Waals surface area (Å²) in [5, 5.41) is 11.5. The highest BCUT2D eigenvalue weighted by molar-refractivity contribution is 5.72. The normalized spacial score (nSPS) is 18.5. The number of benzene rings is 2. The standard InChI is InChI=1S/C22H19F6N3O3/c1-13(32)30-10-14-2-6-17(7-3-14)33-12-18-11-31(20(34-18)22(26,27)28)16-5-4-15(9-29)19(8-16)21(23,24)25/h2-8,18,20H,10-12H2,1H3,(H,30,32)/t18-,20+/m0/s1. The molecule has 0 aromatic heterocycles. The number of nitrogens with one attached hydrogen (secondary N) is 1. The van der Waals surface area contributed by atoms with E-state index < -0.39 is 35.8 Å². The molecule has 1 aliphatic heterocycles. The summed E-state index contributed by atoms with van der Waals surface area (Å²) in [6.45, 7) is 1.01. The molecule has 0 saturated carbocycles. The molecule has 0 bridgehead atoms. The Hall–Kier alpha value is -3.46. The molecule has 0 unspecified atom stereocenters. The first-order valence-electron chi connectivity index (χ1n) is 9.95. The lowest BCUT2D eigenvalue weighted by Gasteiger charge is -2.27. The predicted molar refractivity (Wildman–Crippen MR) is 108 cm³/mol. The quantitative estimate of drug-likeness (QED) is 0.612. The highest BCUT2D eigenvalue weighted by Gasteiger charge is 2.51. The summed E-state index contributed by atoms with van der Waals surface area (Å²) in [5.74, 6) is 0.141. The van der Waals surface area contributed by atoms with Crippen molar-refractivity contribution in [2.24, 2.45) is 0 Å². The number of anilines is 1. The van der Waals surface area contributed by atoms with Crippen molar-refractivity contribution < 1.29 is 40.6 Å². The third-order valence-corrected chi connectivity index (χ3v) is 4.95. The lowest BCUT2D eigenvalue weighted by Crippen LogP contribution is -2.42. The third-order valence-electron chi connectivity index (χ3n) is 4.95. The summed E-state index contributed by atoms with van der Waals surface area (Å²) < 4.78 is 91.1. The topological polar surface area (TPSA) is 74.6 Å². The molecule has 0 radical (unpaired) electrons. The zero-order valence-corrected chi connectivity index (χ0v) is 17.7. The number of carbonyl (C=O) groups is 1. The minimum atomic E-state index is -4.91. The van der Waals surface area contributed by atoms with Crippen molar-refractivity contribution in [2.45, 2.75) is 38.2 Å². The Morgan fingerprint density at radius 3 is 2.41 bits per heavy atom. The van der Waals surface area contributed by atoms with Gasteiger partial charge in [-0.2, -0.15) is 31.6 Å². The molecule has 2 aromatic rings. The Morgan fingerprint density at radius 2 is 1.85 bits per heavy atom. The molecule has 0 aliphatic carbocycles. The van der Waals surface area contributed by atoms with E-state index in [2.05, 4.69) is 5.32 Å². The van der Waals surface area contributed by atoms with E-state index in [4.69, 9.17) is 14.7 Å². The van der Waals surface area contributed by atoms with Crippen LogP contribution in [0.25, 0.3) is 0 Å². The van der Waals surface area contributed by atoms with Crippen LogP contribution in [0.5, 0.6) is 5.75 Å². The van der Waals surface area contributed by atoms with Crippen LogP contribution < -0.4 is 15.0 Å². The van der Waals surface area contributed by atoms with Crippen LogP contribution in [0.1, 0.15) is 23.6 Å². The number of alkyl halides is 6. The van der Waals surface area contributed by atoms with Gasteiger partial charge in [0, 0.05) is 19.2 Å². The van der Waals surface area contributed by atoms with Gasteiger partial charge in [0.1, 0.15) is 18.5 Å². The van der Waals surface area contributed by atoms with Crippen molar-refractivity contribution in [3.63, 3.8) is 0 Å². The summed E-state index contributed by atoms with van der Waals surface area (Å²) in [7, 11) is 0. The molecule has 1 aliphatic rings. The fraction of sp³-hybridized carbons (Fsp3) is 0.364. The van der Waals surface area contributed by atoms with Crippen LogP contribution in [0.3, 0.4) is 0 Å². The number of rotatable bonds is 6. The average Bonchev–Trinajstić information content (AvgIpc) is 3.21. The third kappa shape index (κ3) is 6.11. The van der Waals surface area contributed by atoms with Gasteiger partial charge in [0.2, 0.25) is 12.1 Å². The molecule has 1 fully saturated rings. The number of hydrogen-bond donors (Lipinski definition) is 1. The molecule has 1 amide bonds. The molecule has 0 spiro atoms. The maximum absolute atomic E-state index is 13.6. The fourth-order valence-corrected chi connectivity index (χ4v) is 3.36. The molecule has 2 aromatic carbocycles. The Morgan fingerprint density at radius 1 is 1.18 bits per heavy atom. The Labute approximate surface area is 190 Å². The maximum atomic E-state index is 13.6. The number of nitriles is 1. The van der Waals surface area contributed by atoms with E-state index in [0.717, 1.165) is 17.7 Å². The van der Waals surface area contributed by atoms with Crippen molar-refractivity contribution >= 4 is 11.6 Å². The zero-order valence-electron chi connectivity index (χ0n) is 17.7. The molecule has 1 N–H and O–H groups in total. The van der Waals surface area contributed by atoms with E-state index in [1.165, 1.54) is 13.0 Å². The fourth-order valence-electron chi connectivity index (χ4n) is 3.36. The van der Waals surface area contributed by atoms with Crippen LogP contribution in [0.2, 0.25) is 0 Å². The van der Waals surface area contributed by atoms with Gasteiger partial charge in [-0.3, -0.25) is 4.79 Å². The van der Waals surface area contributed by atoms with Crippen LogP contribution in [-0.4, -0.2) is 37.6 Å². The number of carbonyl (C=O) groups excluding carboxylic acids is 1. The van der Waals surface area contributed by atoms with E-state index in [0.29, 0.717) is 23.3 Å². The summed E-state index contributed by atoms with van der Waals surface area (Å²) in [6, 6.07) is 10.2. The van der Waals surface area contributed by atoms with Gasteiger partial charge in [-0.05, 0) is 35.9 Å². The largest absolute Gasteiger partial charge is 0.491 e. The van der Waals surface area contributed by atoms with Crippen LogP contribution in [0.4, 0.5) is 32.0 Å². The lowest BCUT2D eigenvalue weighted by molar-refractivity contribution is -0.215. The molecule has 6 nitrogen and oxygen atoms in total. The smallest absolute Gasteiger partial charge is 0.433 e. The van der Waals surface area contributed by atoms with Crippen LogP contribution >= 0.6 is 0 Å². The van der Waals surface area contributed by atoms with E-state index in [1.807, 2.05) is 0 Å². The molecule has 182 valence electrons. The van der Waals surface area contributed by atoms with Gasteiger partial charge >= 0.3 is 12.4 Å². The van der Waals surface area contributed by atoms with E-state index >= 15 is 0 Å². The number of hydrogen-bond acceptors (Lipinski definition) is 5. The van der Waals surface area contributed by atoms with Gasteiger partial charge in [0.25, 0.3) is 0 Å². The first-order valence-corrected chi connectivity index (χ1v) is 9.95. The maximum Gasteiger partial charge on any atom is 0.433 e.